The zero-order valence-corrected chi connectivity index (χ0v) is 18.9. The standard InChI is InChI=1S/C22H24F2N6OS/c1-13-8-22(23,24)12-30(17(13)10-28-18-11-26-14(2)9-27-18)21(31)19-20(32-15(3)29-19)16-6-4-5-7-25-16/h4-7,9,11,13,17H,8,10,12H2,1-3H3,(H,27,28)/t13-,17?/m1/s1. The van der Waals surface area contributed by atoms with Gasteiger partial charge in [-0.25, -0.2) is 18.7 Å². The molecule has 0 spiro atoms. The van der Waals surface area contributed by atoms with E-state index >= 15 is 0 Å². The molecule has 4 rings (SSSR count). The predicted octanol–water partition coefficient (Wildman–Crippen LogP) is 4.21. The van der Waals surface area contributed by atoms with Crippen LogP contribution in [0.25, 0.3) is 10.6 Å². The molecule has 2 atom stereocenters. The molecule has 0 aliphatic carbocycles. The average molecular weight is 459 g/mol. The van der Waals surface area contributed by atoms with Gasteiger partial charge in [0.1, 0.15) is 11.5 Å². The minimum absolute atomic E-state index is 0.163. The van der Waals surface area contributed by atoms with Gasteiger partial charge < -0.3 is 10.2 Å². The van der Waals surface area contributed by atoms with Gasteiger partial charge in [-0.2, -0.15) is 0 Å². The smallest absolute Gasteiger partial charge is 0.274 e. The highest BCUT2D eigenvalue weighted by Gasteiger charge is 2.46. The number of likely N-dealkylation sites (tertiary alicyclic amines) is 1. The normalized spacial score (nSPS) is 20.2. The zero-order chi connectivity index (χ0) is 22.9. The van der Waals surface area contributed by atoms with Crippen LogP contribution in [0.5, 0.6) is 0 Å². The number of pyridine rings is 1. The van der Waals surface area contributed by atoms with Crippen molar-refractivity contribution in [3.63, 3.8) is 0 Å². The Morgan fingerprint density at radius 2 is 2.06 bits per heavy atom. The van der Waals surface area contributed by atoms with Crippen LogP contribution in [0.2, 0.25) is 0 Å². The van der Waals surface area contributed by atoms with Crippen LogP contribution in [0, 0.1) is 19.8 Å². The van der Waals surface area contributed by atoms with Crippen molar-refractivity contribution in [2.75, 3.05) is 18.4 Å². The van der Waals surface area contributed by atoms with Crippen molar-refractivity contribution >= 4 is 23.1 Å². The van der Waals surface area contributed by atoms with Gasteiger partial charge in [-0.3, -0.25) is 14.8 Å². The monoisotopic (exact) mass is 458 g/mol. The number of carbonyl (C=O) groups excluding carboxylic acids is 1. The maximum Gasteiger partial charge on any atom is 0.274 e. The Bertz CT molecular complexity index is 1090. The lowest BCUT2D eigenvalue weighted by Crippen LogP contribution is -2.57. The second-order valence-electron chi connectivity index (χ2n) is 8.09. The number of halogens is 2. The summed E-state index contributed by atoms with van der Waals surface area (Å²) in [6, 6.07) is 4.93. The molecular weight excluding hydrogens is 434 g/mol. The number of alkyl halides is 2. The number of aromatic nitrogens is 4. The number of aryl methyl sites for hydroxylation is 2. The van der Waals surface area contributed by atoms with Gasteiger partial charge >= 0.3 is 0 Å². The second kappa shape index (κ2) is 8.85. The van der Waals surface area contributed by atoms with Crippen LogP contribution >= 0.6 is 11.3 Å². The van der Waals surface area contributed by atoms with E-state index in [1.807, 2.05) is 13.0 Å². The first-order valence-corrected chi connectivity index (χ1v) is 11.2. The maximum absolute atomic E-state index is 14.5. The number of rotatable bonds is 5. The van der Waals surface area contributed by atoms with Crippen LogP contribution in [0.15, 0.2) is 36.8 Å². The Labute approximate surface area is 189 Å². The molecular formula is C22H24F2N6OS. The van der Waals surface area contributed by atoms with Gasteiger partial charge in [0.05, 0.1) is 46.3 Å². The molecule has 1 amide bonds. The quantitative estimate of drug-likeness (QED) is 0.617. The summed E-state index contributed by atoms with van der Waals surface area (Å²) in [6.07, 6.45) is 4.56. The zero-order valence-electron chi connectivity index (χ0n) is 18.0. The van der Waals surface area contributed by atoms with E-state index in [2.05, 4.69) is 25.3 Å². The number of thiazole rings is 1. The fraction of sp³-hybridized carbons (Fsp3) is 0.409. The Morgan fingerprint density at radius 3 is 2.75 bits per heavy atom. The van der Waals surface area contributed by atoms with E-state index in [1.165, 1.54) is 16.2 Å². The fourth-order valence-corrected chi connectivity index (χ4v) is 4.84. The summed E-state index contributed by atoms with van der Waals surface area (Å²) in [7, 11) is 0. The van der Waals surface area contributed by atoms with Gasteiger partial charge in [0.25, 0.3) is 11.8 Å². The lowest BCUT2D eigenvalue weighted by atomic mass is 9.88. The Kier molecular flexibility index (Phi) is 6.14. The molecule has 1 aliphatic rings. The van der Waals surface area contributed by atoms with E-state index in [-0.39, 0.29) is 18.7 Å². The molecule has 1 unspecified atom stereocenters. The predicted molar refractivity (Wildman–Crippen MR) is 119 cm³/mol. The van der Waals surface area contributed by atoms with Gasteiger partial charge in [0.15, 0.2) is 0 Å². The molecule has 0 radical (unpaired) electrons. The number of nitrogens with zero attached hydrogens (tertiary/aromatic N) is 5. The SMILES string of the molecule is Cc1cnc(NCC2[C@H](C)CC(F)(F)CN2C(=O)c2nc(C)sc2-c2ccccn2)cn1. The number of carbonyl (C=O) groups is 1. The lowest BCUT2D eigenvalue weighted by Gasteiger charge is -2.43. The third-order valence-corrected chi connectivity index (χ3v) is 6.44. The number of anilines is 1. The molecule has 4 heterocycles. The molecule has 0 aromatic carbocycles. The lowest BCUT2D eigenvalue weighted by molar-refractivity contribution is -0.0898. The fourth-order valence-electron chi connectivity index (χ4n) is 3.95. The second-order valence-corrected chi connectivity index (χ2v) is 9.29. The first-order valence-electron chi connectivity index (χ1n) is 10.3. The molecule has 3 aromatic rings. The summed E-state index contributed by atoms with van der Waals surface area (Å²) in [5.41, 5.74) is 1.54. The molecule has 32 heavy (non-hydrogen) atoms. The van der Waals surface area contributed by atoms with Gasteiger partial charge in [0.2, 0.25) is 0 Å². The summed E-state index contributed by atoms with van der Waals surface area (Å²) in [4.78, 5) is 32.6. The Morgan fingerprint density at radius 1 is 1.25 bits per heavy atom. The van der Waals surface area contributed by atoms with E-state index in [1.54, 1.807) is 44.6 Å². The Hall–Kier alpha value is -3.01. The van der Waals surface area contributed by atoms with Gasteiger partial charge in [-0.15, -0.1) is 11.3 Å². The molecule has 1 fully saturated rings. The first-order chi connectivity index (χ1) is 15.2. The molecule has 10 heteroatoms. The van der Waals surface area contributed by atoms with Crippen molar-refractivity contribution in [1.82, 2.24) is 24.8 Å². The van der Waals surface area contributed by atoms with Gasteiger partial charge in [0, 0.05) is 19.2 Å². The third kappa shape index (κ3) is 4.74. The molecule has 3 aromatic heterocycles. The number of piperidine rings is 1. The van der Waals surface area contributed by atoms with Crippen molar-refractivity contribution < 1.29 is 13.6 Å². The summed E-state index contributed by atoms with van der Waals surface area (Å²) < 4.78 is 29.0. The Balaban J connectivity index is 1.64. The summed E-state index contributed by atoms with van der Waals surface area (Å²) in [6.45, 7) is 4.99. The maximum atomic E-state index is 14.5. The molecule has 0 bridgehead atoms. The largest absolute Gasteiger partial charge is 0.367 e. The van der Waals surface area contributed by atoms with Crippen molar-refractivity contribution in [1.29, 1.82) is 0 Å². The molecule has 1 N–H and O–H groups in total. The van der Waals surface area contributed by atoms with Crippen LogP contribution < -0.4 is 5.32 Å². The average Bonchev–Trinajstić information content (AvgIpc) is 3.15. The van der Waals surface area contributed by atoms with E-state index in [0.29, 0.717) is 21.4 Å². The molecule has 7 nitrogen and oxygen atoms in total. The molecule has 1 aliphatic heterocycles. The van der Waals surface area contributed by atoms with Crippen molar-refractivity contribution in [2.24, 2.45) is 5.92 Å². The van der Waals surface area contributed by atoms with E-state index in [0.717, 1.165) is 5.69 Å². The van der Waals surface area contributed by atoms with Crippen molar-refractivity contribution in [3.8, 4) is 10.6 Å². The number of hydrogen-bond donors (Lipinski definition) is 1. The van der Waals surface area contributed by atoms with Crippen LogP contribution in [0.3, 0.4) is 0 Å². The first kappa shape index (κ1) is 22.2. The van der Waals surface area contributed by atoms with Crippen molar-refractivity contribution in [2.45, 2.75) is 39.2 Å². The van der Waals surface area contributed by atoms with Crippen LogP contribution in [0.1, 0.15) is 34.5 Å². The van der Waals surface area contributed by atoms with Crippen LogP contribution in [-0.4, -0.2) is 55.8 Å². The summed E-state index contributed by atoms with van der Waals surface area (Å²) >= 11 is 1.33. The van der Waals surface area contributed by atoms with E-state index in [9.17, 15) is 13.6 Å². The summed E-state index contributed by atoms with van der Waals surface area (Å²) in [5.74, 6) is -3.37. The van der Waals surface area contributed by atoms with E-state index in [4.69, 9.17) is 0 Å². The number of nitrogens with one attached hydrogen (secondary N) is 1. The molecule has 0 saturated carbocycles. The minimum atomic E-state index is -2.97. The van der Waals surface area contributed by atoms with Crippen LogP contribution in [-0.2, 0) is 0 Å². The van der Waals surface area contributed by atoms with Gasteiger partial charge in [-0.1, -0.05) is 13.0 Å². The van der Waals surface area contributed by atoms with Gasteiger partial charge in [-0.05, 0) is 31.9 Å². The molecule has 1 saturated heterocycles. The number of amides is 1. The highest BCUT2D eigenvalue weighted by atomic mass is 32.1. The minimum Gasteiger partial charge on any atom is -0.367 e. The highest BCUT2D eigenvalue weighted by molar-refractivity contribution is 7.15. The van der Waals surface area contributed by atoms with Crippen LogP contribution in [0.4, 0.5) is 14.6 Å². The third-order valence-electron chi connectivity index (χ3n) is 5.45. The molecule has 168 valence electrons. The number of hydrogen-bond acceptors (Lipinski definition) is 7. The summed E-state index contributed by atoms with van der Waals surface area (Å²) in [5, 5.41) is 3.82. The van der Waals surface area contributed by atoms with E-state index < -0.39 is 30.3 Å². The van der Waals surface area contributed by atoms with Crippen molar-refractivity contribution in [3.05, 3.63) is 53.2 Å². The topological polar surface area (TPSA) is 83.9 Å². The highest BCUT2D eigenvalue weighted by Crippen LogP contribution is 2.37.